The van der Waals surface area contributed by atoms with Crippen LogP contribution in [0.4, 0.5) is 0 Å². The van der Waals surface area contributed by atoms with Gasteiger partial charge in [-0.3, -0.25) is 9.78 Å². The van der Waals surface area contributed by atoms with Crippen molar-refractivity contribution in [3.8, 4) is 11.3 Å². The molecule has 2 aromatic heterocycles. The standard InChI is InChI=1S/C29H29N2SSi.C17H32O2.Ir/c1-33(2,3)26-17-22(16-21-10-6-7-11-23(21)26)27-29-28(31-18-30-27)24-13-12-20(15-25(24)32-29)14-19-8-4-5-9-19;1-10(2)16(11(3)4)14(18)9-15(19)17(12(5)6)13(7)8;/h6-7,10-13,15,17-19H,4-5,8-9,14H2,1-3H3;9-13,16-18H,1-8H3;/q-1;;/b;14-9-;. The second-order valence-electron chi connectivity index (χ2n) is 17.6. The van der Waals surface area contributed by atoms with Gasteiger partial charge in [-0.25, -0.2) is 4.98 Å². The molecule has 0 spiro atoms. The van der Waals surface area contributed by atoms with Crippen LogP contribution in [-0.4, -0.2) is 28.9 Å². The number of ketones is 1. The van der Waals surface area contributed by atoms with Gasteiger partial charge in [-0.05, 0) is 47.6 Å². The van der Waals surface area contributed by atoms with E-state index in [9.17, 15) is 9.90 Å². The molecule has 0 unspecified atom stereocenters. The fourth-order valence-electron chi connectivity index (χ4n) is 8.68. The van der Waals surface area contributed by atoms with Crippen LogP contribution < -0.4 is 5.19 Å². The van der Waals surface area contributed by atoms with Crippen LogP contribution in [0.1, 0.15) is 86.6 Å². The Hall–Kier alpha value is -2.70. The van der Waals surface area contributed by atoms with Gasteiger partial charge in [0.05, 0.1) is 19.3 Å². The van der Waals surface area contributed by atoms with E-state index >= 15 is 0 Å². The van der Waals surface area contributed by atoms with Gasteiger partial charge in [-0.1, -0.05) is 142 Å². The molecule has 7 heteroatoms. The average molecular weight is 926 g/mol. The van der Waals surface area contributed by atoms with Crippen molar-refractivity contribution in [2.75, 3.05) is 0 Å². The van der Waals surface area contributed by atoms with Gasteiger partial charge in [0.1, 0.15) is 6.33 Å². The van der Waals surface area contributed by atoms with Gasteiger partial charge in [0, 0.05) is 58.5 Å². The van der Waals surface area contributed by atoms with Gasteiger partial charge in [-0.15, -0.1) is 40.1 Å². The van der Waals surface area contributed by atoms with Crippen molar-refractivity contribution in [2.45, 2.75) is 107 Å². The predicted molar refractivity (Wildman–Crippen MR) is 227 cm³/mol. The molecule has 5 aromatic rings. The third-order valence-electron chi connectivity index (χ3n) is 11.0. The van der Waals surface area contributed by atoms with Gasteiger partial charge >= 0.3 is 0 Å². The number of benzene rings is 3. The van der Waals surface area contributed by atoms with Crippen LogP contribution in [0.25, 0.3) is 42.3 Å². The summed E-state index contributed by atoms with van der Waals surface area (Å²) in [4.78, 5) is 21.9. The molecule has 3 aromatic carbocycles. The number of fused-ring (bicyclic) bond motifs is 4. The van der Waals surface area contributed by atoms with E-state index in [0.29, 0.717) is 23.7 Å². The van der Waals surface area contributed by atoms with Gasteiger partial charge in [-0.2, -0.15) is 0 Å². The Kier molecular flexibility index (Phi) is 14.8. The number of hydrogen-bond donors (Lipinski definition) is 1. The van der Waals surface area contributed by atoms with E-state index in [2.05, 4.69) is 130 Å². The van der Waals surface area contributed by atoms with Crippen LogP contribution in [0, 0.1) is 47.5 Å². The largest absolute Gasteiger partial charge is 0.512 e. The number of allylic oxidation sites excluding steroid dienone is 2. The summed E-state index contributed by atoms with van der Waals surface area (Å²) in [7, 11) is -1.55. The minimum atomic E-state index is -1.55. The number of thiophene rings is 1. The summed E-state index contributed by atoms with van der Waals surface area (Å²) in [5, 5.41) is 15.5. The normalized spacial score (nSPS) is 14.4. The molecule has 287 valence electrons. The topological polar surface area (TPSA) is 63.1 Å². The maximum Gasteiger partial charge on any atom is 0.162 e. The van der Waals surface area contributed by atoms with Crippen molar-refractivity contribution in [1.82, 2.24) is 9.97 Å². The van der Waals surface area contributed by atoms with Crippen molar-refractivity contribution >= 4 is 61.5 Å². The molecule has 1 radical (unpaired) electrons. The molecule has 0 atom stereocenters. The third-order valence-corrected chi connectivity index (χ3v) is 14.2. The molecule has 1 aliphatic rings. The molecule has 1 N–H and O–H groups in total. The minimum Gasteiger partial charge on any atom is -0.512 e. The van der Waals surface area contributed by atoms with E-state index in [0.717, 1.165) is 22.7 Å². The molecule has 0 saturated heterocycles. The zero-order chi connectivity index (χ0) is 37.9. The number of aliphatic hydroxyl groups is 1. The number of carbonyl (C=O) groups excluding carboxylic acids is 1. The second-order valence-corrected chi connectivity index (χ2v) is 23.7. The summed E-state index contributed by atoms with van der Waals surface area (Å²) in [6.07, 6.45) is 9.99. The maximum atomic E-state index is 12.3. The van der Waals surface area contributed by atoms with E-state index in [1.807, 2.05) is 11.3 Å². The molecular formula is C46H61IrN2O2SSi-. The van der Waals surface area contributed by atoms with Gasteiger partial charge in [0.15, 0.2) is 5.78 Å². The Morgan fingerprint density at radius 2 is 1.49 bits per heavy atom. The first-order valence-electron chi connectivity index (χ1n) is 19.6. The summed E-state index contributed by atoms with van der Waals surface area (Å²) in [6.45, 7) is 23.8. The van der Waals surface area contributed by atoms with Gasteiger partial charge in [0.2, 0.25) is 0 Å². The molecule has 0 aliphatic heterocycles. The molecule has 0 amide bonds. The Labute approximate surface area is 337 Å². The molecule has 1 saturated carbocycles. The Bertz CT molecular complexity index is 2020. The smallest absolute Gasteiger partial charge is 0.162 e. The summed E-state index contributed by atoms with van der Waals surface area (Å²) in [5.74, 6) is 2.49. The van der Waals surface area contributed by atoms with Crippen molar-refractivity contribution < 1.29 is 30.0 Å². The molecule has 2 heterocycles. The molecule has 4 nitrogen and oxygen atoms in total. The SMILES string of the molecule is CC(C)C(C(=O)/C=C(\O)C(C(C)C)C(C)C)C(C)C.C[Si](C)(C)c1cc(-c2ncnc3c2sc2cc(CC4CCCC4)ccc23)[c-]c2ccccc12.[Ir]. The first kappa shape index (κ1) is 43.0. The number of rotatable bonds is 11. The zero-order valence-corrected chi connectivity index (χ0v) is 38.1. The Balaban J connectivity index is 0.000000272. The molecule has 1 aliphatic carbocycles. The van der Waals surface area contributed by atoms with E-state index < -0.39 is 8.07 Å². The molecule has 1 fully saturated rings. The van der Waals surface area contributed by atoms with Crippen LogP contribution in [0.15, 0.2) is 66.7 Å². The first-order chi connectivity index (χ1) is 24.6. The quantitative estimate of drug-likeness (QED) is 0.0620. The summed E-state index contributed by atoms with van der Waals surface area (Å²) in [6, 6.07) is 21.7. The fourth-order valence-corrected chi connectivity index (χ4v) is 11.5. The van der Waals surface area contributed by atoms with Crippen molar-refractivity contribution in [2.24, 2.45) is 41.4 Å². The second kappa shape index (κ2) is 18.3. The van der Waals surface area contributed by atoms with E-state index in [1.165, 1.54) is 74.5 Å². The summed E-state index contributed by atoms with van der Waals surface area (Å²) >= 11 is 1.84. The molecule has 6 rings (SSSR count). The Morgan fingerprint density at radius 1 is 0.868 bits per heavy atom. The van der Waals surface area contributed by atoms with Crippen LogP contribution in [0.2, 0.25) is 19.6 Å². The zero-order valence-electron chi connectivity index (χ0n) is 33.8. The number of nitrogens with zero attached hydrogens (tertiary/aromatic N) is 2. The molecule has 0 bridgehead atoms. The van der Waals surface area contributed by atoms with E-state index in [1.54, 1.807) is 6.33 Å². The Morgan fingerprint density at radius 3 is 2.09 bits per heavy atom. The summed E-state index contributed by atoms with van der Waals surface area (Å²) in [5.41, 5.74) is 4.65. The van der Waals surface area contributed by atoms with Gasteiger partial charge < -0.3 is 5.11 Å². The first-order valence-corrected chi connectivity index (χ1v) is 23.9. The number of hydrogen-bond acceptors (Lipinski definition) is 5. The molecular weight excluding hydrogens is 865 g/mol. The van der Waals surface area contributed by atoms with Crippen molar-refractivity contribution in [1.29, 1.82) is 0 Å². The number of aromatic nitrogens is 2. The maximum absolute atomic E-state index is 12.3. The molecule has 53 heavy (non-hydrogen) atoms. The summed E-state index contributed by atoms with van der Waals surface area (Å²) < 4.78 is 2.51. The minimum absolute atomic E-state index is 0. The van der Waals surface area contributed by atoms with E-state index in [-0.39, 0.29) is 43.5 Å². The fraction of sp³-hybridized carbons (Fsp3) is 0.500. The van der Waals surface area contributed by atoms with Crippen LogP contribution in [-0.2, 0) is 31.3 Å². The average Bonchev–Trinajstić information content (AvgIpc) is 3.70. The van der Waals surface area contributed by atoms with Crippen LogP contribution >= 0.6 is 11.3 Å². The van der Waals surface area contributed by atoms with Crippen LogP contribution in [0.3, 0.4) is 0 Å². The van der Waals surface area contributed by atoms with Gasteiger partial charge in [0.25, 0.3) is 0 Å². The monoisotopic (exact) mass is 926 g/mol. The van der Waals surface area contributed by atoms with Crippen LogP contribution in [0.5, 0.6) is 0 Å². The van der Waals surface area contributed by atoms with E-state index in [4.69, 9.17) is 9.97 Å². The number of aliphatic hydroxyl groups excluding tert-OH is 1. The van der Waals surface area contributed by atoms with Crippen molar-refractivity contribution in [3.63, 3.8) is 0 Å². The van der Waals surface area contributed by atoms with Crippen molar-refractivity contribution in [3.05, 3.63) is 78.3 Å². The third kappa shape index (κ3) is 10.1. The predicted octanol–water partition coefficient (Wildman–Crippen LogP) is 12.6. The number of carbonyl (C=O) groups is 1.